The molecular formula is C19H26N4O3. The molecule has 140 valence electrons. The molecule has 4 rings (SSSR count). The summed E-state index contributed by atoms with van der Waals surface area (Å²) in [6, 6.07) is 2.18. The van der Waals surface area contributed by atoms with Crippen molar-refractivity contribution < 1.29 is 14.4 Å². The van der Waals surface area contributed by atoms with Gasteiger partial charge in [0.25, 0.3) is 5.91 Å². The van der Waals surface area contributed by atoms with Gasteiger partial charge in [0.1, 0.15) is 6.04 Å². The highest BCUT2D eigenvalue weighted by atomic mass is 16.2. The van der Waals surface area contributed by atoms with E-state index in [4.69, 9.17) is 0 Å². The van der Waals surface area contributed by atoms with Gasteiger partial charge in [-0.05, 0) is 39.2 Å². The maximum atomic E-state index is 13.0. The molecule has 1 N–H and O–H groups in total. The van der Waals surface area contributed by atoms with E-state index < -0.39 is 0 Å². The van der Waals surface area contributed by atoms with Crippen LogP contribution in [-0.4, -0.2) is 64.3 Å². The molecule has 3 amide bonds. The largest absolute Gasteiger partial charge is 0.345 e. The highest BCUT2D eigenvalue weighted by molar-refractivity contribution is 5.96. The molecule has 1 saturated carbocycles. The second-order valence-corrected chi connectivity index (χ2v) is 7.66. The molecular weight excluding hydrogens is 332 g/mol. The second-order valence-electron chi connectivity index (χ2n) is 7.66. The first-order chi connectivity index (χ1) is 12.5. The number of aryl methyl sites for hydroxylation is 1. The van der Waals surface area contributed by atoms with Crippen LogP contribution in [0.1, 0.15) is 53.5 Å². The van der Waals surface area contributed by atoms with Gasteiger partial charge in [0, 0.05) is 50.0 Å². The number of aromatic nitrogens is 1. The molecule has 1 aromatic heterocycles. The minimum Gasteiger partial charge on any atom is -0.345 e. The molecule has 3 heterocycles. The SMILES string of the molecule is Cc1cc(C(=O)N2CCN(C(=O)C3CCC(=O)N3)CC2)c(C)n1C1CC1. The van der Waals surface area contributed by atoms with Crippen molar-refractivity contribution in [1.82, 2.24) is 19.7 Å². The van der Waals surface area contributed by atoms with Gasteiger partial charge in [-0.15, -0.1) is 0 Å². The number of carbonyl (C=O) groups excluding carboxylic acids is 3. The molecule has 0 bridgehead atoms. The van der Waals surface area contributed by atoms with Crippen LogP contribution >= 0.6 is 0 Å². The Bertz CT molecular complexity index is 757. The van der Waals surface area contributed by atoms with E-state index in [9.17, 15) is 14.4 Å². The number of nitrogens with one attached hydrogen (secondary N) is 1. The van der Waals surface area contributed by atoms with E-state index in [0.29, 0.717) is 45.1 Å². The van der Waals surface area contributed by atoms with Crippen LogP contribution in [0.5, 0.6) is 0 Å². The number of rotatable bonds is 3. The summed E-state index contributed by atoms with van der Waals surface area (Å²) in [5.41, 5.74) is 3.00. The zero-order valence-electron chi connectivity index (χ0n) is 15.5. The summed E-state index contributed by atoms with van der Waals surface area (Å²) in [7, 11) is 0. The van der Waals surface area contributed by atoms with Crippen molar-refractivity contribution >= 4 is 17.7 Å². The van der Waals surface area contributed by atoms with E-state index >= 15 is 0 Å². The van der Waals surface area contributed by atoms with Gasteiger partial charge in [0.2, 0.25) is 11.8 Å². The summed E-state index contributed by atoms with van der Waals surface area (Å²) in [5, 5.41) is 2.73. The predicted octanol–water partition coefficient (Wildman–Crippen LogP) is 1.00. The fourth-order valence-corrected chi connectivity index (χ4v) is 4.21. The maximum Gasteiger partial charge on any atom is 0.255 e. The monoisotopic (exact) mass is 358 g/mol. The summed E-state index contributed by atoms with van der Waals surface area (Å²) in [4.78, 5) is 40.4. The third-order valence-corrected chi connectivity index (χ3v) is 5.80. The summed E-state index contributed by atoms with van der Waals surface area (Å²) in [6.45, 7) is 6.23. The zero-order chi connectivity index (χ0) is 18.4. The third-order valence-electron chi connectivity index (χ3n) is 5.80. The molecule has 1 aromatic rings. The van der Waals surface area contributed by atoms with Crippen molar-refractivity contribution in [3.05, 3.63) is 23.0 Å². The molecule has 1 unspecified atom stereocenters. The molecule has 0 spiro atoms. The summed E-state index contributed by atoms with van der Waals surface area (Å²) < 4.78 is 2.29. The van der Waals surface area contributed by atoms with Crippen molar-refractivity contribution in [1.29, 1.82) is 0 Å². The lowest BCUT2D eigenvalue weighted by molar-refractivity contribution is -0.135. The van der Waals surface area contributed by atoms with Gasteiger partial charge in [-0.25, -0.2) is 0 Å². The zero-order valence-corrected chi connectivity index (χ0v) is 15.5. The van der Waals surface area contributed by atoms with E-state index in [2.05, 4.69) is 16.8 Å². The van der Waals surface area contributed by atoms with Gasteiger partial charge >= 0.3 is 0 Å². The number of carbonyl (C=O) groups is 3. The molecule has 2 aliphatic heterocycles. The Balaban J connectivity index is 1.39. The van der Waals surface area contributed by atoms with Crippen LogP contribution in [0.25, 0.3) is 0 Å². The number of hydrogen-bond acceptors (Lipinski definition) is 3. The normalized spacial score (nSPS) is 23.3. The highest BCUT2D eigenvalue weighted by Gasteiger charge is 2.34. The molecule has 3 fully saturated rings. The number of amides is 3. The smallest absolute Gasteiger partial charge is 0.255 e. The van der Waals surface area contributed by atoms with Crippen LogP contribution in [0, 0.1) is 13.8 Å². The Hall–Kier alpha value is -2.31. The fourth-order valence-electron chi connectivity index (χ4n) is 4.21. The molecule has 0 aromatic carbocycles. The Morgan fingerprint density at radius 1 is 1.04 bits per heavy atom. The van der Waals surface area contributed by atoms with Gasteiger partial charge in [0.15, 0.2) is 0 Å². The average molecular weight is 358 g/mol. The first-order valence-corrected chi connectivity index (χ1v) is 9.51. The molecule has 7 heteroatoms. The Kier molecular flexibility index (Phi) is 4.25. The highest BCUT2D eigenvalue weighted by Crippen LogP contribution is 2.38. The number of hydrogen-bond donors (Lipinski definition) is 1. The molecule has 26 heavy (non-hydrogen) atoms. The van der Waals surface area contributed by atoms with Crippen LogP contribution in [0.15, 0.2) is 6.07 Å². The molecule has 0 radical (unpaired) electrons. The van der Waals surface area contributed by atoms with E-state index in [1.54, 1.807) is 4.90 Å². The van der Waals surface area contributed by atoms with Gasteiger partial charge in [-0.2, -0.15) is 0 Å². The molecule has 1 atom stereocenters. The van der Waals surface area contributed by atoms with E-state index in [0.717, 1.165) is 17.0 Å². The maximum absolute atomic E-state index is 13.0. The minimum atomic E-state index is -0.387. The summed E-state index contributed by atoms with van der Waals surface area (Å²) in [5.74, 6) is -0.00990. The van der Waals surface area contributed by atoms with Crippen LogP contribution in [0.2, 0.25) is 0 Å². The van der Waals surface area contributed by atoms with Crippen LogP contribution < -0.4 is 5.32 Å². The van der Waals surface area contributed by atoms with Crippen LogP contribution in [0.4, 0.5) is 0 Å². The average Bonchev–Trinajstić information content (AvgIpc) is 3.30. The number of nitrogens with zero attached hydrogens (tertiary/aromatic N) is 3. The van der Waals surface area contributed by atoms with Crippen molar-refractivity contribution in [2.24, 2.45) is 0 Å². The van der Waals surface area contributed by atoms with E-state index in [1.807, 2.05) is 17.9 Å². The quantitative estimate of drug-likeness (QED) is 0.876. The standard InChI is InChI=1S/C19H26N4O3/c1-12-11-15(13(2)23(12)14-3-4-14)18(25)21-7-9-22(10-8-21)19(26)16-5-6-17(24)20-16/h11,14,16H,3-10H2,1-2H3,(H,20,24). The fraction of sp³-hybridized carbons (Fsp3) is 0.632. The Labute approximate surface area is 153 Å². The molecule has 1 aliphatic carbocycles. The van der Waals surface area contributed by atoms with Crippen LogP contribution in [-0.2, 0) is 9.59 Å². The van der Waals surface area contributed by atoms with Gasteiger partial charge in [-0.3, -0.25) is 14.4 Å². The van der Waals surface area contributed by atoms with Crippen molar-refractivity contribution in [3.63, 3.8) is 0 Å². The Morgan fingerprint density at radius 2 is 1.69 bits per heavy atom. The van der Waals surface area contributed by atoms with Gasteiger partial charge < -0.3 is 19.7 Å². The minimum absolute atomic E-state index is 0.0186. The lowest BCUT2D eigenvalue weighted by Crippen LogP contribution is -2.54. The van der Waals surface area contributed by atoms with Crippen molar-refractivity contribution in [2.75, 3.05) is 26.2 Å². The first kappa shape index (κ1) is 17.1. The predicted molar refractivity (Wildman–Crippen MR) is 95.8 cm³/mol. The molecule has 3 aliphatic rings. The van der Waals surface area contributed by atoms with Crippen molar-refractivity contribution in [2.45, 2.75) is 51.6 Å². The Morgan fingerprint density at radius 3 is 2.27 bits per heavy atom. The van der Waals surface area contributed by atoms with Crippen LogP contribution in [0.3, 0.4) is 0 Å². The second kappa shape index (κ2) is 6.45. The van der Waals surface area contributed by atoms with Crippen molar-refractivity contribution in [3.8, 4) is 0 Å². The summed E-state index contributed by atoms with van der Waals surface area (Å²) >= 11 is 0. The lowest BCUT2D eigenvalue weighted by Gasteiger charge is -2.36. The van der Waals surface area contributed by atoms with Gasteiger partial charge in [-0.1, -0.05) is 0 Å². The van der Waals surface area contributed by atoms with Gasteiger partial charge in [0.05, 0.1) is 5.56 Å². The van der Waals surface area contributed by atoms with E-state index in [-0.39, 0.29) is 23.8 Å². The number of piperazine rings is 1. The lowest BCUT2D eigenvalue weighted by atomic mass is 10.1. The molecule has 2 saturated heterocycles. The van der Waals surface area contributed by atoms with E-state index in [1.165, 1.54) is 12.8 Å². The summed E-state index contributed by atoms with van der Waals surface area (Å²) in [6.07, 6.45) is 3.39. The first-order valence-electron chi connectivity index (χ1n) is 9.51. The third kappa shape index (κ3) is 2.99. The molecule has 7 nitrogen and oxygen atoms in total. The topological polar surface area (TPSA) is 74.7 Å².